The fourth-order valence-corrected chi connectivity index (χ4v) is 5.84. The normalized spacial score (nSPS) is 20.5. The van der Waals surface area contributed by atoms with E-state index in [0.717, 1.165) is 79.5 Å². The Morgan fingerprint density at radius 1 is 1.02 bits per heavy atom. The number of phenols is 1. The predicted molar refractivity (Wildman–Crippen MR) is 158 cm³/mol. The molecule has 7 N–H and O–H groups in total. The molecule has 0 bridgehead atoms. The highest BCUT2D eigenvalue weighted by molar-refractivity contribution is 5.76. The second-order valence-electron chi connectivity index (χ2n) is 11.1. The highest BCUT2D eigenvalue weighted by atomic mass is 16.5. The molecule has 2 fully saturated rings. The van der Waals surface area contributed by atoms with E-state index in [1.807, 2.05) is 18.2 Å². The Hall–Kier alpha value is -3.52. The minimum absolute atomic E-state index is 0.0715. The number of ether oxygens (including phenoxy) is 2. The topological polar surface area (TPSA) is 161 Å². The van der Waals surface area contributed by atoms with E-state index in [-0.39, 0.29) is 23.9 Å². The summed E-state index contributed by atoms with van der Waals surface area (Å²) in [6.45, 7) is 6.36. The van der Waals surface area contributed by atoms with Gasteiger partial charge in [-0.05, 0) is 54.3 Å². The third-order valence-electron chi connectivity index (χ3n) is 8.19. The van der Waals surface area contributed by atoms with E-state index in [2.05, 4.69) is 37.6 Å². The molecule has 0 spiro atoms. The molecule has 0 radical (unpaired) electrons. The molecule has 2 aliphatic heterocycles. The summed E-state index contributed by atoms with van der Waals surface area (Å²) < 4.78 is 11.9. The van der Waals surface area contributed by atoms with Crippen molar-refractivity contribution in [2.24, 2.45) is 0 Å². The molecule has 224 valence electrons. The molecule has 42 heavy (non-hydrogen) atoms. The average molecular weight is 578 g/mol. The summed E-state index contributed by atoms with van der Waals surface area (Å²) in [6, 6.07) is 12.8. The zero-order chi connectivity index (χ0) is 29.1. The second kappa shape index (κ2) is 12.8. The van der Waals surface area contributed by atoms with Crippen LogP contribution < -0.4 is 26.0 Å². The van der Waals surface area contributed by atoms with Gasteiger partial charge in [0.05, 0.1) is 31.1 Å². The maximum atomic E-state index is 9.49. The van der Waals surface area contributed by atoms with Crippen LogP contribution in [0, 0.1) is 0 Å². The number of rotatable bonds is 10. The largest absolute Gasteiger partial charge is 0.508 e. The number of fused-ring (bicyclic) bond motifs is 3. The van der Waals surface area contributed by atoms with Gasteiger partial charge in [0.25, 0.3) is 0 Å². The van der Waals surface area contributed by atoms with Gasteiger partial charge in [0.1, 0.15) is 23.9 Å². The zero-order valence-corrected chi connectivity index (χ0v) is 23.6. The SMILES string of the molecule is Nc1nc2c(c(N3CCN(CCOCC4NCC(C(O)O)N4)CC3)n1)CCc1cc(OCc3ccc(O)cc3)ccc1-2. The number of aromatic hydroxyl groups is 1. The quantitative estimate of drug-likeness (QED) is 0.146. The van der Waals surface area contributed by atoms with E-state index < -0.39 is 6.29 Å². The lowest BCUT2D eigenvalue weighted by Gasteiger charge is -2.37. The molecule has 12 nitrogen and oxygen atoms in total. The number of hydrogen-bond acceptors (Lipinski definition) is 12. The Labute approximate surface area is 245 Å². The van der Waals surface area contributed by atoms with Gasteiger partial charge < -0.3 is 35.4 Å². The first-order chi connectivity index (χ1) is 20.4. The van der Waals surface area contributed by atoms with Crippen molar-refractivity contribution in [1.29, 1.82) is 0 Å². The number of aliphatic hydroxyl groups is 2. The van der Waals surface area contributed by atoms with Crippen LogP contribution in [-0.2, 0) is 24.2 Å². The van der Waals surface area contributed by atoms with Crippen LogP contribution in [0.3, 0.4) is 0 Å². The van der Waals surface area contributed by atoms with Gasteiger partial charge in [-0.25, -0.2) is 4.98 Å². The standard InChI is InChI=1S/C30H39N7O5/c31-30-34-27-23-8-6-22(42-17-19-1-4-21(38)5-2-19)15-20(23)3-7-24(27)28(35-30)37-11-9-36(10-12-37)13-14-41-18-26-32-16-25(33-26)29(39)40/h1-2,4-6,8,15,25-26,29,32-33,38-40H,3,7,9-14,16-18H2,(H2,31,34,35). The van der Waals surface area contributed by atoms with Gasteiger partial charge in [-0.1, -0.05) is 12.1 Å². The Morgan fingerprint density at radius 2 is 1.83 bits per heavy atom. The van der Waals surface area contributed by atoms with Gasteiger partial charge in [-0.3, -0.25) is 15.5 Å². The lowest BCUT2D eigenvalue weighted by molar-refractivity contribution is -0.0614. The third-order valence-corrected chi connectivity index (χ3v) is 8.19. The summed E-state index contributed by atoms with van der Waals surface area (Å²) in [6.07, 6.45) is 0.266. The summed E-state index contributed by atoms with van der Waals surface area (Å²) in [5, 5.41) is 34.4. The monoisotopic (exact) mass is 577 g/mol. The number of piperazine rings is 1. The van der Waals surface area contributed by atoms with Crippen LogP contribution >= 0.6 is 0 Å². The lowest BCUT2D eigenvalue weighted by Crippen LogP contribution is -2.48. The minimum atomic E-state index is -1.37. The van der Waals surface area contributed by atoms with E-state index >= 15 is 0 Å². The molecule has 12 heteroatoms. The van der Waals surface area contributed by atoms with Crippen LogP contribution in [-0.4, -0.2) is 101 Å². The highest BCUT2D eigenvalue weighted by Crippen LogP contribution is 2.38. The van der Waals surface area contributed by atoms with Gasteiger partial charge >= 0.3 is 0 Å². The number of nitrogens with zero attached hydrogens (tertiary/aromatic N) is 4. The Bertz CT molecular complexity index is 1360. The zero-order valence-electron chi connectivity index (χ0n) is 23.6. The van der Waals surface area contributed by atoms with Gasteiger partial charge in [0.2, 0.25) is 5.95 Å². The van der Waals surface area contributed by atoms with Crippen LogP contribution in [0.5, 0.6) is 11.5 Å². The minimum Gasteiger partial charge on any atom is -0.508 e. The molecule has 3 heterocycles. The maximum absolute atomic E-state index is 9.49. The van der Waals surface area contributed by atoms with Crippen molar-refractivity contribution in [2.75, 3.05) is 63.1 Å². The van der Waals surface area contributed by atoms with Crippen molar-refractivity contribution in [1.82, 2.24) is 25.5 Å². The summed E-state index contributed by atoms with van der Waals surface area (Å²) in [4.78, 5) is 14.1. The molecular formula is C30H39N7O5. The molecule has 0 amide bonds. The van der Waals surface area contributed by atoms with Crippen LogP contribution in [0.2, 0.25) is 0 Å². The smallest absolute Gasteiger partial charge is 0.222 e. The van der Waals surface area contributed by atoms with Crippen LogP contribution in [0.4, 0.5) is 11.8 Å². The van der Waals surface area contributed by atoms with Crippen molar-refractivity contribution < 1.29 is 24.8 Å². The number of aromatic nitrogens is 2. The van der Waals surface area contributed by atoms with Gasteiger partial charge in [-0.2, -0.15) is 4.98 Å². The average Bonchev–Trinajstić information content (AvgIpc) is 3.48. The van der Waals surface area contributed by atoms with Crippen molar-refractivity contribution >= 4 is 11.8 Å². The van der Waals surface area contributed by atoms with Crippen LogP contribution in [0.15, 0.2) is 42.5 Å². The molecule has 1 aliphatic carbocycles. The van der Waals surface area contributed by atoms with Crippen LogP contribution in [0.25, 0.3) is 11.3 Å². The summed E-state index contributed by atoms with van der Waals surface area (Å²) in [7, 11) is 0. The van der Waals surface area contributed by atoms with E-state index in [4.69, 9.17) is 20.2 Å². The summed E-state index contributed by atoms with van der Waals surface area (Å²) in [5.74, 6) is 2.26. The summed E-state index contributed by atoms with van der Waals surface area (Å²) in [5.41, 5.74) is 11.5. The predicted octanol–water partition coefficient (Wildman–Crippen LogP) is 0.446. The van der Waals surface area contributed by atoms with Gasteiger partial charge in [0.15, 0.2) is 6.29 Å². The Kier molecular flexibility index (Phi) is 8.70. The number of benzene rings is 2. The number of aryl methyl sites for hydroxylation is 1. The molecule has 0 saturated carbocycles. The molecule has 2 atom stereocenters. The lowest BCUT2D eigenvalue weighted by atomic mass is 9.88. The first-order valence-corrected chi connectivity index (χ1v) is 14.5. The third kappa shape index (κ3) is 6.59. The summed E-state index contributed by atoms with van der Waals surface area (Å²) >= 11 is 0. The number of nitrogens with one attached hydrogen (secondary N) is 2. The molecule has 3 aliphatic rings. The number of phenolic OH excluding ortho intramolecular Hbond substituents is 1. The fraction of sp³-hybridized carbons (Fsp3) is 0.467. The van der Waals surface area contributed by atoms with Crippen LogP contribution in [0.1, 0.15) is 16.7 Å². The number of nitrogens with two attached hydrogens (primary N) is 1. The molecule has 2 saturated heterocycles. The van der Waals surface area contributed by atoms with Crippen molar-refractivity contribution in [2.45, 2.75) is 37.9 Å². The maximum Gasteiger partial charge on any atom is 0.222 e. The first kappa shape index (κ1) is 28.6. The van der Waals surface area contributed by atoms with E-state index in [9.17, 15) is 15.3 Å². The number of anilines is 2. The second-order valence-corrected chi connectivity index (χ2v) is 11.1. The molecule has 2 aromatic carbocycles. The Morgan fingerprint density at radius 3 is 2.60 bits per heavy atom. The molecule has 3 aromatic rings. The molecule has 1 aromatic heterocycles. The molecule has 2 unspecified atom stereocenters. The molecular weight excluding hydrogens is 538 g/mol. The fourth-order valence-electron chi connectivity index (χ4n) is 5.84. The van der Waals surface area contributed by atoms with Crippen molar-refractivity contribution in [3.05, 3.63) is 59.2 Å². The molecule has 6 rings (SSSR count). The van der Waals surface area contributed by atoms with E-state index in [0.29, 0.717) is 26.4 Å². The van der Waals surface area contributed by atoms with Crippen molar-refractivity contribution in [3.63, 3.8) is 0 Å². The first-order valence-electron chi connectivity index (χ1n) is 14.5. The van der Waals surface area contributed by atoms with Gasteiger partial charge in [-0.15, -0.1) is 0 Å². The highest BCUT2D eigenvalue weighted by Gasteiger charge is 2.29. The number of hydrogen-bond donors (Lipinski definition) is 6. The van der Waals surface area contributed by atoms with E-state index in [1.165, 1.54) is 5.56 Å². The number of nitrogen functional groups attached to an aromatic ring is 1. The number of aliphatic hydroxyl groups excluding tert-OH is 1. The Balaban J connectivity index is 1.03. The van der Waals surface area contributed by atoms with Crippen molar-refractivity contribution in [3.8, 4) is 22.8 Å². The van der Waals surface area contributed by atoms with E-state index in [1.54, 1.807) is 12.1 Å². The van der Waals surface area contributed by atoms with Gasteiger partial charge in [0, 0.05) is 50.4 Å².